The van der Waals surface area contributed by atoms with Crippen molar-refractivity contribution in [2.75, 3.05) is 32.2 Å². The van der Waals surface area contributed by atoms with E-state index in [1.54, 1.807) is 13.2 Å². The van der Waals surface area contributed by atoms with Crippen LogP contribution in [-0.2, 0) is 9.47 Å². The second-order valence-electron chi connectivity index (χ2n) is 3.91. The van der Waals surface area contributed by atoms with Gasteiger partial charge in [0.2, 0.25) is 5.95 Å². The average molecular weight is 226 g/mol. The van der Waals surface area contributed by atoms with Crippen molar-refractivity contribution in [1.82, 2.24) is 4.98 Å². The molecule has 0 aliphatic carbocycles. The minimum atomic E-state index is -0.487. The van der Waals surface area contributed by atoms with Gasteiger partial charge in [0.05, 0.1) is 6.61 Å². The predicted octanol–water partition coefficient (Wildman–Crippen LogP) is 1.44. The smallest absolute Gasteiger partial charge is 0.214 e. The molecule has 0 amide bonds. The van der Waals surface area contributed by atoms with Gasteiger partial charge in [0.15, 0.2) is 0 Å². The number of hydrogen-bond acceptors (Lipinski definition) is 4. The van der Waals surface area contributed by atoms with Crippen LogP contribution in [0.15, 0.2) is 18.3 Å². The minimum Gasteiger partial charge on any atom is -0.382 e. The van der Waals surface area contributed by atoms with E-state index in [1.807, 2.05) is 0 Å². The lowest BCUT2D eigenvalue weighted by molar-refractivity contribution is -0.00620. The van der Waals surface area contributed by atoms with E-state index >= 15 is 0 Å². The van der Waals surface area contributed by atoms with Gasteiger partial charge in [-0.05, 0) is 6.07 Å². The van der Waals surface area contributed by atoms with Gasteiger partial charge >= 0.3 is 0 Å². The predicted molar refractivity (Wildman–Crippen MR) is 57.9 cm³/mol. The molecule has 0 aromatic carbocycles. The topological polar surface area (TPSA) is 43.4 Å². The van der Waals surface area contributed by atoms with Gasteiger partial charge in [0.25, 0.3) is 0 Å². The summed E-state index contributed by atoms with van der Waals surface area (Å²) in [5.41, 5.74) is 0.413. The zero-order valence-electron chi connectivity index (χ0n) is 9.20. The summed E-state index contributed by atoms with van der Waals surface area (Å²) in [7, 11) is 1.67. The Bertz CT molecular complexity index is 354. The summed E-state index contributed by atoms with van der Waals surface area (Å²) in [6.07, 6.45) is 2.28. The molecule has 1 aliphatic heterocycles. The molecule has 1 fully saturated rings. The molecule has 1 aromatic heterocycles. The number of rotatable bonds is 4. The number of anilines is 1. The largest absolute Gasteiger partial charge is 0.382 e. The number of pyridine rings is 1. The molecule has 2 heterocycles. The van der Waals surface area contributed by atoms with Gasteiger partial charge in [0, 0.05) is 44.6 Å². The van der Waals surface area contributed by atoms with E-state index in [-0.39, 0.29) is 5.60 Å². The lowest BCUT2D eigenvalue weighted by atomic mass is 10.0. The lowest BCUT2D eigenvalue weighted by Crippen LogP contribution is -2.39. The molecule has 5 heteroatoms. The molecule has 1 aliphatic rings. The van der Waals surface area contributed by atoms with E-state index in [0.29, 0.717) is 25.4 Å². The summed E-state index contributed by atoms with van der Waals surface area (Å²) in [5, 5.41) is 3.13. The summed E-state index contributed by atoms with van der Waals surface area (Å²) in [4.78, 5) is 3.49. The van der Waals surface area contributed by atoms with Crippen molar-refractivity contribution in [3.63, 3.8) is 0 Å². The quantitative estimate of drug-likeness (QED) is 0.789. The molecule has 1 N–H and O–H groups in total. The van der Waals surface area contributed by atoms with Crippen LogP contribution in [0.3, 0.4) is 0 Å². The third kappa shape index (κ3) is 2.48. The van der Waals surface area contributed by atoms with Crippen molar-refractivity contribution in [2.24, 2.45) is 0 Å². The first-order valence-corrected chi connectivity index (χ1v) is 5.22. The van der Waals surface area contributed by atoms with Gasteiger partial charge in [-0.1, -0.05) is 0 Å². The molecular weight excluding hydrogens is 211 g/mol. The Labute approximate surface area is 93.8 Å². The Morgan fingerprint density at radius 3 is 3.19 bits per heavy atom. The van der Waals surface area contributed by atoms with E-state index in [1.165, 1.54) is 12.3 Å². The molecule has 1 aromatic rings. The Balaban J connectivity index is 1.95. The van der Waals surface area contributed by atoms with Crippen molar-refractivity contribution < 1.29 is 13.9 Å². The maximum atomic E-state index is 12.8. The van der Waals surface area contributed by atoms with Gasteiger partial charge in [-0.2, -0.15) is 4.39 Å². The van der Waals surface area contributed by atoms with Crippen LogP contribution in [0.1, 0.15) is 6.42 Å². The zero-order valence-corrected chi connectivity index (χ0v) is 9.20. The SMILES string of the molecule is COC1(CNc2ccnc(F)c2)CCOC1. The van der Waals surface area contributed by atoms with E-state index in [2.05, 4.69) is 10.3 Å². The molecule has 0 saturated carbocycles. The van der Waals surface area contributed by atoms with Crippen LogP contribution < -0.4 is 5.32 Å². The molecule has 88 valence electrons. The fraction of sp³-hybridized carbons (Fsp3) is 0.545. The highest BCUT2D eigenvalue weighted by Gasteiger charge is 2.34. The Morgan fingerprint density at radius 1 is 1.69 bits per heavy atom. The van der Waals surface area contributed by atoms with Crippen molar-refractivity contribution in [3.05, 3.63) is 24.3 Å². The fourth-order valence-electron chi connectivity index (χ4n) is 1.74. The number of aromatic nitrogens is 1. The van der Waals surface area contributed by atoms with E-state index in [9.17, 15) is 4.39 Å². The molecule has 0 radical (unpaired) electrons. The van der Waals surface area contributed by atoms with E-state index < -0.39 is 5.95 Å². The second kappa shape index (κ2) is 4.76. The second-order valence-corrected chi connectivity index (χ2v) is 3.91. The van der Waals surface area contributed by atoms with Crippen LogP contribution in [0.25, 0.3) is 0 Å². The molecule has 2 rings (SSSR count). The summed E-state index contributed by atoms with van der Waals surface area (Å²) < 4.78 is 23.6. The van der Waals surface area contributed by atoms with Crippen molar-refractivity contribution in [1.29, 1.82) is 0 Å². The molecule has 1 saturated heterocycles. The molecule has 4 nitrogen and oxygen atoms in total. The Hall–Kier alpha value is -1.20. The van der Waals surface area contributed by atoms with Crippen molar-refractivity contribution in [3.8, 4) is 0 Å². The maximum Gasteiger partial charge on any atom is 0.214 e. The van der Waals surface area contributed by atoms with E-state index in [0.717, 1.165) is 6.42 Å². The normalized spacial score (nSPS) is 24.6. The lowest BCUT2D eigenvalue weighted by Gasteiger charge is -2.26. The monoisotopic (exact) mass is 226 g/mol. The van der Waals surface area contributed by atoms with Crippen LogP contribution in [-0.4, -0.2) is 37.5 Å². The third-order valence-corrected chi connectivity index (χ3v) is 2.84. The molecule has 1 atom stereocenters. The molecule has 16 heavy (non-hydrogen) atoms. The van der Waals surface area contributed by atoms with Gasteiger partial charge in [-0.15, -0.1) is 0 Å². The molecular formula is C11H15FN2O2. The van der Waals surface area contributed by atoms with Crippen molar-refractivity contribution >= 4 is 5.69 Å². The first-order chi connectivity index (χ1) is 7.74. The summed E-state index contributed by atoms with van der Waals surface area (Å²) in [5.74, 6) is -0.487. The maximum absolute atomic E-state index is 12.8. The number of nitrogens with zero attached hydrogens (tertiary/aromatic N) is 1. The first-order valence-electron chi connectivity index (χ1n) is 5.22. The number of nitrogens with one attached hydrogen (secondary N) is 1. The van der Waals surface area contributed by atoms with Crippen LogP contribution in [0.2, 0.25) is 0 Å². The van der Waals surface area contributed by atoms with Gasteiger partial charge in [0.1, 0.15) is 5.60 Å². The summed E-state index contributed by atoms with van der Waals surface area (Å²) in [6.45, 7) is 1.89. The van der Waals surface area contributed by atoms with Crippen LogP contribution >= 0.6 is 0 Å². The molecule has 0 spiro atoms. The molecule has 0 bridgehead atoms. The minimum absolute atomic E-state index is 0.292. The van der Waals surface area contributed by atoms with Crippen LogP contribution in [0.4, 0.5) is 10.1 Å². The number of methoxy groups -OCH3 is 1. The van der Waals surface area contributed by atoms with Crippen LogP contribution in [0.5, 0.6) is 0 Å². The van der Waals surface area contributed by atoms with Gasteiger partial charge < -0.3 is 14.8 Å². The highest BCUT2D eigenvalue weighted by molar-refractivity contribution is 5.41. The first kappa shape index (κ1) is 11.3. The van der Waals surface area contributed by atoms with E-state index in [4.69, 9.17) is 9.47 Å². The Morgan fingerprint density at radius 2 is 2.56 bits per heavy atom. The van der Waals surface area contributed by atoms with Gasteiger partial charge in [-0.3, -0.25) is 0 Å². The standard InChI is InChI=1S/C11H15FN2O2/c1-15-11(3-5-16-8-11)7-14-9-2-4-13-10(12)6-9/h2,4,6H,3,5,7-8H2,1H3,(H,13,14). The highest BCUT2D eigenvalue weighted by atomic mass is 19.1. The molecule has 1 unspecified atom stereocenters. The zero-order chi connectivity index (χ0) is 11.4. The van der Waals surface area contributed by atoms with Crippen LogP contribution in [0, 0.1) is 5.95 Å². The van der Waals surface area contributed by atoms with Crippen molar-refractivity contribution in [2.45, 2.75) is 12.0 Å². The number of hydrogen-bond donors (Lipinski definition) is 1. The fourth-order valence-corrected chi connectivity index (χ4v) is 1.74. The summed E-state index contributed by atoms with van der Waals surface area (Å²) >= 11 is 0. The average Bonchev–Trinajstić information content (AvgIpc) is 2.76. The highest BCUT2D eigenvalue weighted by Crippen LogP contribution is 2.23. The summed E-state index contributed by atoms with van der Waals surface area (Å²) in [6, 6.07) is 3.08. The third-order valence-electron chi connectivity index (χ3n) is 2.84. The number of halogens is 1. The number of ether oxygens (including phenoxy) is 2. The Kier molecular flexibility index (Phi) is 3.36. The van der Waals surface area contributed by atoms with Gasteiger partial charge in [-0.25, -0.2) is 4.98 Å².